The third kappa shape index (κ3) is 7.60. The first kappa shape index (κ1) is 22.8. The van der Waals surface area contributed by atoms with E-state index in [1.54, 1.807) is 41.5 Å². The van der Waals surface area contributed by atoms with Crippen LogP contribution in [0.15, 0.2) is 11.4 Å². The highest BCUT2D eigenvalue weighted by atomic mass is 31.2. The second kappa shape index (κ2) is 10.6. The van der Waals surface area contributed by atoms with Crippen LogP contribution in [-0.2, 0) is 32.7 Å². The lowest BCUT2D eigenvalue weighted by atomic mass is 9.89. The molecule has 0 spiro atoms. The van der Waals surface area contributed by atoms with Gasteiger partial charge in [-0.25, -0.2) is 4.79 Å². The molecular weight excluding hydrogens is 335 g/mol. The van der Waals surface area contributed by atoms with Crippen LogP contribution in [0, 0.1) is 5.41 Å². The Morgan fingerprint density at radius 1 is 0.917 bits per heavy atom. The van der Waals surface area contributed by atoms with E-state index in [-0.39, 0.29) is 38.2 Å². The van der Waals surface area contributed by atoms with Crippen LogP contribution in [0.1, 0.15) is 48.0 Å². The van der Waals surface area contributed by atoms with Crippen molar-refractivity contribution in [2.24, 2.45) is 5.41 Å². The van der Waals surface area contributed by atoms with Crippen LogP contribution in [0.2, 0.25) is 0 Å². The van der Waals surface area contributed by atoms with Crippen molar-refractivity contribution in [1.82, 2.24) is 0 Å². The fourth-order valence-corrected chi connectivity index (χ4v) is 3.80. The van der Waals surface area contributed by atoms with Gasteiger partial charge >= 0.3 is 19.5 Å². The van der Waals surface area contributed by atoms with Crippen LogP contribution >= 0.6 is 7.60 Å². The Morgan fingerprint density at radius 2 is 1.42 bits per heavy atom. The van der Waals surface area contributed by atoms with Crippen LogP contribution in [0.25, 0.3) is 0 Å². The molecule has 0 fully saturated rings. The summed E-state index contributed by atoms with van der Waals surface area (Å²) >= 11 is 0. The van der Waals surface area contributed by atoms with Crippen molar-refractivity contribution in [2.75, 3.05) is 26.4 Å². The molecule has 0 aliphatic rings. The summed E-state index contributed by atoms with van der Waals surface area (Å²) in [4.78, 5) is 24.0. The molecule has 7 nitrogen and oxygen atoms in total. The molecule has 0 bridgehead atoms. The molecule has 0 N–H and O–H groups in total. The van der Waals surface area contributed by atoms with E-state index in [1.807, 2.05) is 0 Å². The van der Waals surface area contributed by atoms with Gasteiger partial charge in [-0.1, -0.05) is 19.9 Å². The Morgan fingerprint density at radius 3 is 1.83 bits per heavy atom. The van der Waals surface area contributed by atoms with Crippen molar-refractivity contribution in [3.8, 4) is 0 Å². The van der Waals surface area contributed by atoms with Crippen LogP contribution in [0.5, 0.6) is 0 Å². The number of hydrogen-bond acceptors (Lipinski definition) is 7. The Bertz CT molecular complexity index is 487. The van der Waals surface area contributed by atoms with E-state index >= 15 is 0 Å². The van der Waals surface area contributed by atoms with Gasteiger partial charge < -0.3 is 18.5 Å². The zero-order valence-corrected chi connectivity index (χ0v) is 16.3. The summed E-state index contributed by atoms with van der Waals surface area (Å²) in [7, 11) is -3.84. The molecule has 140 valence electrons. The van der Waals surface area contributed by atoms with Gasteiger partial charge in [-0.2, -0.15) is 0 Å². The Labute approximate surface area is 144 Å². The minimum Gasteiger partial charge on any atom is -0.466 e. The summed E-state index contributed by atoms with van der Waals surface area (Å²) in [5.74, 6) is -1.19. The van der Waals surface area contributed by atoms with Crippen molar-refractivity contribution in [3.05, 3.63) is 11.4 Å². The highest BCUT2D eigenvalue weighted by molar-refractivity contribution is 7.59. The van der Waals surface area contributed by atoms with Crippen molar-refractivity contribution < 1.29 is 32.7 Å². The molecule has 0 aromatic heterocycles. The smallest absolute Gasteiger partial charge is 0.368 e. The van der Waals surface area contributed by atoms with E-state index in [0.29, 0.717) is 0 Å². The van der Waals surface area contributed by atoms with Crippen molar-refractivity contribution in [3.63, 3.8) is 0 Å². The second-order valence-electron chi connectivity index (χ2n) is 5.55. The van der Waals surface area contributed by atoms with Gasteiger partial charge in [-0.05, 0) is 33.1 Å². The van der Waals surface area contributed by atoms with Crippen molar-refractivity contribution >= 4 is 19.5 Å². The summed E-state index contributed by atoms with van der Waals surface area (Å²) in [6.07, 6.45) is 1.44. The van der Waals surface area contributed by atoms with Crippen LogP contribution in [0.4, 0.5) is 0 Å². The molecule has 0 saturated heterocycles. The summed E-state index contributed by atoms with van der Waals surface area (Å²) in [6, 6.07) is 0. The lowest BCUT2D eigenvalue weighted by Crippen LogP contribution is -2.20. The molecule has 24 heavy (non-hydrogen) atoms. The Kier molecular flexibility index (Phi) is 10.1. The first-order valence-corrected chi connectivity index (χ1v) is 9.65. The Hall–Kier alpha value is -1.17. The second-order valence-corrected chi connectivity index (χ2v) is 7.55. The monoisotopic (exact) mass is 364 g/mol. The van der Waals surface area contributed by atoms with E-state index in [4.69, 9.17) is 18.5 Å². The Balaban J connectivity index is 5.79. The van der Waals surface area contributed by atoms with E-state index < -0.39 is 24.9 Å². The largest absolute Gasteiger partial charge is 0.466 e. The van der Waals surface area contributed by atoms with Gasteiger partial charge in [0.25, 0.3) is 0 Å². The van der Waals surface area contributed by atoms with E-state index in [9.17, 15) is 14.2 Å². The number of rotatable bonds is 11. The molecule has 0 radical (unpaired) electrons. The minimum absolute atomic E-state index is 0.0159. The molecular formula is C16H29O7P. The molecule has 0 aliphatic carbocycles. The highest BCUT2D eigenvalue weighted by Gasteiger charge is 2.38. The standard InChI is InChI=1S/C16H29O7P/c1-7-20-14(17)12-16(5,6)11-13(15(18)21-8-2)24(19,22-9-3)23-10-4/h11H,7-10,12H2,1-6H3/b13-11-. The lowest BCUT2D eigenvalue weighted by molar-refractivity contribution is -0.145. The normalized spacial score (nSPS) is 12.8. The maximum atomic E-state index is 13.0. The fraction of sp³-hybridized carbons (Fsp3) is 0.750. The quantitative estimate of drug-likeness (QED) is 0.314. The van der Waals surface area contributed by atoms with E-state index in [1.165, 1.54) is 6.08 Å². The van der Waals surface area contributed by atoms with Gasteiger partial charge in [-0.15, -0.1) is 0 Å². The number of esters is 2. The summed E-state index contributed by atoms with van der Waals surface area (Å²) in [6.45, 7) is 10.7. The summed E-state index contributed by atoms with van der Waals surface area (Å²) in [5, 5.41) is -0.192. The summed E-state index contributed by atoms with van der Waals surface area (Å²) in [5.41, 5.74) is -0.793. The van der Waals surface area contributed by atoms with Crippen LogP contribution in [-0.4, -0.2) is 38.4 Å². The van der Waals surface area contributed by atoms with E-state index in [0.717, 1.165) is 0 Å². The first-order chi connectivity index (χ1) is 11.2. The molecule has 0 amide bonds. The predicted octanol–water partition coefficient (Wildman–Crippen LogP) is 3.68. The number of carbonyl (C=O) groups is 2. The molecule has 0 saturated carbocycles. The lowest BCUT2D eigenvalue weighted by Gasteiger charge is -2.24. The number of hydrogen-bond donors (Lipinski definition) is 0. The third-order valence-corrected chi connectivity index (χ3v) is 4.91. The molecule has 8 heteroatoms. The fourth-order valence-electron chi connectivity index (χ4n) is 1.98. The van der Waals surface area contributed by atoms with Gasteiger partial charge in [0.1, 0.15) is 5.31 Å². The average molecular weight is 364 g/mol. The van der Waals surface area contributed by atoms with Gasteiger partial charge in [0.2, 0.25) is 0 Å². The zero-order valence-electron chi connectivity index (χ0n) is 15.4. The van der Waals surface area contributed by atoms with Crippen molar-refractivity contribution in [1.29, 1.82) is 0 Å². The average Bonchev–Trinajstić information content (AvgIpc) is 2.45. The molecule has 0 aromatic rings. The number of carbonyl (C=O) groups excluding carboxylic acids is 2. The topological polar surface area (TPSA) is 88.1 Å². The first-order valence-electron chi connectivity index (χ1n) is 8.11. The maximum absolute atomic E-state index is 13.0. The highest BCUT2D eigenvalue weighted by Crippen LogP contribution is 2.57. The summed E-state index contributed by atoms with van der Waals surface area (Å²) < 4.78 is 33.4. The maximum Gasteiger partial charge on any atom is 0.368 e. The molecule has 0 heterocycles. The SMILES string of the molecule is CCOC(=O)CC(C)(C)/C=C(/C(=O)OCC)P(=O)(OCC)OCC. The van der Waals surface area contributed by atoms with Crippen LogP contribution in [0.3, 0.4) is 0 Å². The number of allylic oxidation sites excluding steroid dienone is 1. The zero-order chi connectivity index (χ0) is 18.8. The number of ether oxygens (including phenoxy) is 2. The minimum atomic E-state index is -3.84. The third-order valence-electron chi connectivity index (χ3n) is 2.81. The molecule has 0 atom stereocenters. The van der Waals surface area contributed by atoms with Gasteiger partial charge in [0, 0.05) is 0 Å². The van der Waals surface area contributed by atoms with Gasteiger partial charge in [0.15, 0.2) is 0 Å². The van der Waals surface area contributed by atoms with Crippen LogP contribution < -0.4 is 0 Å². The molecule has 0 rings (SSSR count). The van der Waals surface area contributed by atoms with Gasteiger partial charge in [-0.3, -0.25) is 9.36 Å². The van der Waals surface area contributed by atoms with Crippen molar-refractivity contribution in [2.45, 2.75) is 48.0 Å². The van der Waals surface area contributed by atoms with E-state index in [2.05, 4.69) is 0 Å². The molecule has 0 aliphatic heterocycles. The molecule has 0 unspecified atom stereocenters. The predicted molar refractivity (Wildman–Crippen MR) is 90.6 cm³/mol. The molecule has 0 aromatic carbocycles. The van der Waals surface area contributed by atoms with Gasteiger partial charge in [0.05, 0.1) is 32.8 Å².